The Kier molecular flexibility index (Phi) is 7.14. The summed E-state index contributed by atoms with van der Waals surface area (Å²) in [4.78, 5) is 40.2. The number of hydrogen-bond donors (Lipinski definition) is 3. The Morgan fingerprint density at radius 2 is 1.90 bits per heavy atom. The summed E-state index contributed by atoms with van der Waals surface area (Å²) in [7, 11) is 1.31. The number of methoxy groups -OCH3 is 1. The molecule has 0 bridgehead atoms. The number of rotatable bonds is 7. The Balaban J connectivity index is 1.56. The first-order chi connectivity index (χ1) is 14.8. The van der Waals surface area contributed by atoms with Gasteiger partial charge >= 0.3 is 5.97 Å². The lowest BCUT2D eigenvalue weighted by Gasteiger charge is -2.40. The third kappa shape index (κ3) is 5.53. The summed E-state index contributed by atoms with van der Waals surface area (Å²) < 4.78 is 4.67. The Labute approximate surface area is 182 Å². The predicted octanol–water partition coefficient (Wildman–Crippen LogP) is 0.856. The van der Waals surface area contributed by atoms with Crippen molar-refractivity contribution in [2.45, 2.75) is 44.7 Å². The lowest BCUT2D eigenvalue weighted by Crippen LogP contribution is -2.50. The molecule has 0 radical (unpaired) electrons. The lowest BCUT2D eigenvalue weighted by molar-refractivity contribution is -0.143. The monoisotopic (exact) mass is 429 g/mol. The second-order valence-corrected chi connectivity index (χ2v) is 8.27. The lowest BCUT2D eigenvalue weighted by atomic mass is 9.98. The summed E-state index contributed by atoms with van der Waals surface area (Å²) in [5.41, 5.74) is 7.30. The van der Waals surface area contributed by atoms with Gasteiger partial charge in [-0.2, -0.15) is 0 Å². The van der Waals surface area contributed by atoms with E-state index in [4.69, 9.17) is 11.1 Å². The van der Waals surface area contributed by atoms with E-state index in [1.165, 1.54) is 7.11 Å². The van der Waals surface area contributed by atoms with Crippen LogP contribution in [0.2, 0.25) is 0 Å². The molecule has 2 saturated heterocycles. The average molecular weight is 430 g/mol. The molecule has 2 heterocycles. The van der Waals surface area contributed by atoms with Gasteiger partial charge in [0.25, 0.3) is 0 Å². The predicted molar refractivity (Wildman–Crippen MR) is 117 cm³/mol. The number of piperidine rings is 1. The molecule has 1 aromatic carbocycles. The van der Waals surface area contributed by atoms with E-state index < -0.39 is 11.9 Å². The highest BCUT2D eigenvalue weighted by Gasteiger charge is 2.36. The highest BCUT2D eigenvalue weighted by molar-refractivity contribution is 5.95. The second kappa shape index (κ2) is 9.80. The number of nitrogens with two attached hydrogens (primary N) is 1. The van der Waals surface area contributed by atoms with Crippen LogP contribution in [0.4, 0.5) is 5.69 Å². The first-order valence-electron chi connectivity index (χ1n) is 10.6. The van der Waals surface area contributed by atoms with Crippen molar-refractivity contribution in [1.82, 2.24) is 10.2 Å². The number of amidine groups is 1. The number of carbonyl (C=O) groups excluding carboxylic acids is 3. The third-order valence-corrected chi connectivity index (χ3v) is 6.20. The molecule has 2 aliphatic rings. The largest absolute Gasteiger partial charge is 0.469 e. The fourth-order valence-corrected chi connectivity index (χ4v) is 4.47. The summed E-state index contributed by atoms with van der Waals surface area (Å²) in [6, 6.07) is 7.59. The first-order valence-corrected chi connectivity index (χ1v) is 10.6. The summed E-state index contributed by atoms with van der Waals surface area (Å²) in [6.45, 7) is 3.65. The molecule has 1 aromatic rings. The van der Waals surface area contributed by atoms with Crippen LogP contribution in [0.5, 0.6) is 0 Å². The number of esters is 1. The van der Waals surface area contributed by atoms with Crippen molar-refractivity contribution < 1.29 is 19.1 Å². The van der Waals surface area contributed by atoms with E-state index in [9.17, 15) is 14.4 Å². The molecule has 9 heteroatoms. The van der Waals surface area contributed by atoms with Crippen LogP contribution >= 0.6 is 0 Å². The Bertz CT molecular complexity index is 833. The van der Waals surface area contributed by atoms with Gasteiger partial charge in [-0.05, 0) is 43.5 Å². The van der Waals surface area contributed by atoms with Gasteiger partial charge < -0.3 is 25.6 Å². The summed E-state index contributed by atoms with van der Waals surface area (Å²) in [6.07, 6.45) is 2.26. The van der Waals surface area contributed by atoms with Gasteiger partial charge in [-0.25, -0.2) is 0 Å². The molecule has 2 fully saturated rings. The number of anilines is 1. The van der Waals surface area contributed by atoms with Crippen molar-refractivity contribution in [3.05, 3.63) is 29.8 Å². The van der Waals surface area contributed by atoms with Crippen molar-refractivity contribution >= 4 is 29.3 Å². The number of benzene rings is 1. The van der Waals surface area contributed by atoms with Crippen LogP contribution in [0.1, 0.15) is 38.2 Å². The molecule has 168 valence electrons. The maximum Gasteiger partial charge on any atom is 0.306 e. The molecule has 0 unspecified atom stereocenters. The van der Waals surface area contributed by atoms with Crippen molar-refractivity contribution in [2.75, 3.05) is 31.6 Å². The van der Waals surface area contributed by atoms with E-state index in [1.807, 2.05) is 29.2 Å². The maximum atomic E-state index is 12.4. The van der Waals surface area contributed by atoms with Crippen LogP contribution in [0, 0.1) is 11.3 Å². The highest BCUT2D eigenvalue weighted by Crippen LogP contribution is 2.25. The van der Waals surface area contributed by atoms with Crippen molar-refractivity contribution in [1.29, 1.82) is 5.41 Å². The fraction of sp³-hybridized carbons (Fsp3) is 0.545. The van der Waals surface area contributed by atoms with Gasteiger partial charge in [0.15, 0.2) is 0 Å². The summed E-state index contributed by atoms with van der Waals surface area (Å²) in [5.74, 6) is -0.896. The summed E-state index contributed by atoms with van der Waals surface area (Å²) in [5, 5.41) is 10.4. The van der Waals surface area contributed by atoms with Crippen LogP contribution in [-0.4, -0.2) is 67.3 Å². The minimum absolute atomic E-state index is 0.00470. The number of nitrogen functional groups attached to an aromatic ring is 1. The van der Waals surface area contributed by atoms with Gasteiger partial charge in [0.05, 0.1) is 19.4 Å². The Hall–Kier alpha value is -3.10. The van der Waals surface area contributed by atoms with E-state index in [2.05, 4.69) is 15.0 Å². The summed E-state index contributed by atoms with van der Waals surface area (Å²) >= 11 is 0. The van der Waals surface area contributed by atoms with Gasteiger partial charge in [0, 0.05) is 49.9 Å². The molecule has 0 aliphatic carbocycles. The number of nitrogens with zero attached hydrogens (tertiary/aromatic N) is 2. The van der Waals surface area contributed by atoms with E-state index in [0.717, 1.165) is 31.6 Å². The van der Waals surface area contributed by atoms with Gasteiger partial charge in [0.1, 0.15) is 5.84 Å². The van der Waals surface area contributed by atoms with E-state index in [1.54, 1.807) is 6.92 Å². The molecule has 2 amide bonds. The van der Waals surface area contributed by atoms with Crippen molar-refractivity contribution in [3.8, 4) is 0 Å². The smallest absolute Gasteiger partial charge is 0.306 e. The minimum atomic E-state index is -0.397. The quantitative estimate of drug-likeness (QED) is 0.335. The SMILES string of the molecule is COC(=O)C[C@@H]1C[C@@H](CN(C(C)=O)C2CCN(c3ccc(C(=N)N)cc3)CC2)NC1=O. The molecule has 31 heavy (non-hydrogen) atoms. The van der Waals surface area contributed by atoms with Crippen LogP contribution in [0.25, 0.3) is 0 Å². The molecule has 2 atom stereocenters. The fourth-order valence-electron chi connectivity index (χ4n) is 4.47. The molecule has 4 N–H and O–H groups in total. The zero-order valence-corrected chi connectivity index (χ0v) is 18.1. The third-order valence-electron chi connectivity index (χ3n) is 6.20. The maximum absolute atomic E-state index is 12.4. The van der Waals surface area contributed by atoms with Gasteiger partial charge in [0.2, 0.25) is 11.8 Å². The van der Waals surface area contributed by atoms with Gasteiger partial charge in [-0.15, -0.1) is 0 Å². The van der Waals surface area contributed by atoms with Crippen LogP contribution in [0.15, 0.2) is 24.3 Å². The minimum Gasteiger partial charge on any atom is -0.469 e. The topological polar surface area (TPSA) is 129 Å². The van der Waals surface area contributed by atoms with Crippen LogP contribution in [0.3, 0.4) is 0 Å². The highest BCUT2D eigenvalue weighted by atomic mass is 16.5. The van der Waals surface area contributed by atoms with Crippen molar-refractivity contribution in [2.24, 2.45) is 11.7 Å². The number of hydrogen-bond acceptors (Lipinski definition) is 6. The zero-order valence-electron chi connectivity index (χ0n) is 18.1. The van der Waals surface area contributed by atoms with Gasteiger partial charge in [-0.3, -0.25) is 19.8 Å². The van der Waals surface area contributed by atoms with E-state index >= 15 is 0 Å². The molecular formula is C22H31N5O4. The molecule has 0 spiro atoms. The van der Waals surface area contributed by atoms with Crippen LogP contribution < -0.4 is 16.0 Å². The molecule has 0 saturated carbocycles. The molecule has 9 nitrogen and oxygen atoms in total. The number of amides is 2. The number of ether oxygens (including phenoxy) is 1. The molecular weight excluding hydrogens is 398 g/mol. The number of nitrogens with one attached hydrogen (secondary N) is 2. The molecule has 0 aromatic heterocycles. The Morgan fingerprint density at radius 1 is 1.26 bits per heavy atom. The standard InChI is InChI=1S/C22H31N5O4/c1-14(28)27(13-17-11-16(22(30)25-17)12-20(29)31-2)19-7-9-26(10-8-19)18-5-3-15(4-6-18)21(23)24/h3-6,16-17,19H,7-13H2,1-2H3,(H3,23,24)(H,25,30)/t16-,17-/m0/s1. The van der Waals surface area contributed by atoms with Crippen LogP contribution in [-0.2, 0) is 19.1 Å². The second-order valence-electron chi connectivity index (χ2n) is 8.27. The average Bonchev–Trinajstić information content (AvgIpc) is 3.10. The van der Waals surface area contributed by atoms with Gasteiger partial charge in [-0.1, -0.05) is 0 Å². The Morgan fingerprint density at radius 3 is 2.45 bits per heavy atom. The normalized spacial score (nSPS) is 21.5. The van der Waals surface area contributed by atoms with E-state index in [-0.39, 0.29) is 36.2 Å². The molecule has 2 aliphatic heterocycles. The molecule has 3 rings (SSSR count). The first kappa shape index (κ1) is 22.6. The van der Waals surface area contributed by atoms with E-state index in [0.29, 0.717) is 18.5 Å². The number of carbonyl (C=O) groups is 3. The van der Waals surface area contributed by atoms with Crippen molar-refractivity contribution in [3.63, 3.8) is 0 Å². The zero-order chi connectivity index (χ0) is 22.5.